The number of carbonyl (C=O) groups excluding carboxylic acids is 1. The van der Waals surface area contributed by atoms with Gasteiger partial charge in [-0.2, -0.15) is 0 Å². The Balaban J connectivity index is 1.67. The number of hydrogen-bond donors (Lipinski definition) is 1. The molecule has 2 fully saturated rings. The monoisotopic (exact) mass is 263 g/mol. The highest BCUT2D eigenvalue weighted by atomic mass is 16.5. The number of fused-ring (bicyclic) bond motifs is 1. The first kappa shape index (κ1) is 12.7. The van der Waals surface area contributed by atoms with Crippen LogP contribution in [0.15, 0.2) is 10.5 Å². The van der Waals surface area contributed by atoms with E-state index in [1.54, 1.807) is 0 Å². The molecule has 0 spiro atoms. The van der Waals surface area contributed by atoms with E-state index in [2.05, 4.69) is 19.2 Å². The van der Waals surface area contributed by atoms with E-state index in [-0.39, 0.29) is 11.9 Å². The van der Waals surface area contributed by atoms with Crippen molar-refractivity contribution in [1.82, 2.24) is 5.32 Å². The van der Waals surface area contributed by atoms with Gasteiger partial charge in [-0.1, -0.05) is 13.8 Å². The molecule has 1 amide bonds. The van der Waals surface area contributed by atoms with E-state index in [0.29, 0.717) is 29.3 Å². The molecule has 1 aromatic heterocycles. The molecule has 2 heterocycles. The lowest BCUT2D eigenvalue weighted by molar-refractivity contribution is 0.00808. The summed E-state index contributed by atoms with van der Waals surface area (Å²) in [7, 11) is 0. The lowest BCUT2D eigenvalue weighted by Crippen LogP contribution is -2.53. The van der Waals surface area contributed by atoms with E-state index < -0.39 is 0 Å². The van der Waals surface area contributed by atoms with Crippen LogP contribution in [0.2, 0.25) is 0 Å². The molecule has 2 aliphatic rings. The number of ether oxygens (including phenoxy) is 1. The van der Waals surface area contributed by atoms with Crippen molar-refractivity contribution in [1.29, 1.82) is 0 Å². The summed E-state index contributed by atoms with van der Waals surface area (Å²) in [5.41, 5.74) is 0.672. The molecule has 1 saturated heterocycles. The van der Waals surface area contributed by atoms with Crippen molar-refractivity contribution < 1.29 is 13.9 Å². The maximum atomic E-state index is 12.3. The Morgan fingerprint density at radius 1 is 1.47 bits per heavy atom. The third-order valence-electron chi connectivity index (χ3n) is 4.33. The highest BCUT2D eigenvalue weighted by molar-refractivity contribution is 5.95. The van der Waals surface area contributed by atoms with Crippen LogP contribution in [-0.2, 0) is 4.74 Å². The number of hydrogen-bond acceptors (Lipinski definition) is 3. The Kier molecular flexibility index (Phi) is 3.13. The van der Waals surface area contributed by atoms with Crippen LogP contribution in [0, 0.1) is 12.8 Å². The summed E-state index contributed by atoms with van der Waals surface area (Å²) in [6.07, 6.45) is 2.39. The van der Waals surface area contributed by atoms with Crippen LogP contribution in [0.1, 0.15) is 54.5 Å². The molecule has 104 valence electrons. The summed E-state index contributed by atoms with van der Waals surface area (Å²) in [5.74, 6) is 2.39. The van der Waals surface area contributed by atoms with Crippen LogP contribution in [0.5, 0.6) is 0 Å². The molecule has 3 rings (SSSR count). The van der Waals surface area contributed by atoms with Crippen LogP contribution in [-0.4, -0.2) is 24.7 Å². The topological polar surface area (TPSA) is 51.5 Å². The average molecular weight is 263 g/mol. The fraction of sp³-hybridized carbons (Fsp3) is 0.667. The van der Waals surface area contributed by atoms with E-state index >= 15 is 0 Å². The lowest BCUT2D eigenvalue weighted by Gasteiger charge is -2.39. The molecule has 4 heteroatoms. The largest absolute Gasteiger partial charge is 0.465 e. The first-order valence-corrected chi connectivity index (χ1v) is 7.09. The Labute approximate surface area is 113 Å². The van der Waals surface area contributed by atoms with Gasteiger partial charge in [-0.25, -0.2) is 0 Å². The molecule has 19 heavy (non-hydrogen) atoms. The minimum absolute atomic E-state index is 0.0106. The Bertz CT molecular complexity index is 492. The molecular formula is C15H21NO3. The molecule has 4 nitrogen and oxygen atoms in total. The number of aryl methyl sites for hydroxylation is 1. The van der Waals surface area contributed by atoms with Crippen LogP contribution < -0.4 is 5.32 Å². The quantitative estimate of drug-likeness (QED) is 0.912. The van der Waals surface area contributed by atoms with E-state index in [4.69, 9.17) is 9.15 Å². The van der Waals surface area contributed by atoms with Crippen molar-refractivity contribution >= 4 is 5.91 Å². The molecule has 1 aromatic rings. The van der Waals surface area contributed by atoms with Crippen molar-refractivity contribution in [2.45, 2.75) is 51.7 Å². The summed E-state index contributed by atoms with van der Waals surface area (Å²) in [4.78, 5) is 12.3. The Morgan fingerprint density at radius 2 is 2.26 bits per heavy atom. The minimum atomic E-state index is -0.0106. The van der Waals surface area contributed by atoms with Gasteiger partial charge in [0.2, 0.25) is 0 Å². The predicted octanol–water partition coefficient (Wildman–Crippen LogP) is 2.62. The van der Waals surface area contributed by atoms with Gasteiger partial charge >= 0.3 is 0 Å². The molecule has 0 unspecified atom stereocenters. The third-order valence-corrected chi connectivity index (χ3v) is 4.33. The van der Waals surface area contributed by atoms with Crippen LogP contribution >= 0.6 is 0 Å². The molecule has 1 saturated carbocycles. The third kappa shape index (κ3) is 2.18. The summed E-state index contributed by atoms with van der Waals surface area (Å²) in [6, 6.07) is 2.15. The fourth-order valence-electron chi connectivity index (χ4n) is 3.02. The maximum Gasteiger partial charge on any atom is 0.255 e. The molecule has 1 aliphatic heterocycles. The average Bonchev–Trinajstić information content (AvgIpc) is 2.89. The van der Waals surface area contributed by atoms with Gasteiger partial charge in [0.1, 0.15) is 11.5 Å². The first-order valence-electron chi connectivity index (χ1n) is 7.09. The number of nitrogens with one attached hydrogen (secondary N) is 1. The van der Waals surface area contributed by atoms with Crippen molar-refractivity contribution in [3.63, 3.8) is 0 Å². The molecule has 1 N–H and O–H groups in total. The summed E-state index contributed by atoms with van der Waals surface area (Å²) in [6.45, 7) is 6.81. The zero-order valence-electron chi connectivity index (χ0n) is 11.7. The normalized spacial score (nSPS) is 29.2. The van der Waals surface area contributed by atoms with Gasteiger partial charge in [-0.05, 0) is 25.8 Å². The maximum absolute atomic E-state index is 12.3. The van der Waals surface area contributed by atoms with Crippen molar-refractivity contribution in [3.8, 4) is 0 Å². The zero-order chi connectivity index (χ0) is 13.6. The molecule has 0 aromatic carbocycles. The second-order valence-electron chi connectivity index (χ2n) is 5.95. The number of amides is 1. The van der Waals surface area contributed by atoms with E-state index in [9.17, 15) is 4.79 Å². The van der Waals surface area contributed by atoms with E-state index in [1.165, 1.54) is 0 Å². The van der Waals surface area contributed by atoms with Crippen molar-refractivity contribution in [3.05, 3.63) is 23.2 Å². The molecule has 0 radical (unpaired) electrons. The number of rotatable bonds is 3. The number of furan rings is 1. The van der Waals surface area contributed by atoms with Gasteiger partial charge in [0.15, 0.2) is 0 Å². The summed E-state index contributed by atoms with van der Waals surface area (Å²) < 4.78 is 11.2. The molecular weight excluding hydrogens is 242 g/mol. The standard InChI is InChI=1S/C15H21NO3/c1-8(2)13-6-11(9(3)19-13)15(17)16-12-7-14-10(12)4-5-18-14/h6,8,10,12,14H,4-5,7H2,1-3H3,(H,16,17)/t10-,12-,14+/m1/s1. The predicted molar refractivity (Wildman–Crippen MR) is 71.3 cm³/mol. The van der Waals surface area contributed by atoms with Crippen LogP contribution in [0.4, 0.5) is 0 Å². The van der Waals surface area contributed by atoms with Gasteiger partial charge in [-0.3, -0.25) is 4.79 Å². The van der Waals surface area contributed by atoms with Crippen LogP contribution in [0.25, 0.3) is 0 Å². The van der Waals surface area contributed by atoms with Gasteiger partial charge in [0.05, 0.1) is 11.7 Å². The fourth-order valence-corrected chi connectivity index (χ4v) is 3.02. The lowest BCUT2D eigenvalue weighted by atomic mass is 9.76. The van der Waals surface area contributed by atoms with Crippen LogP contribution in [0.3, 0.4) is 0 Å². The first-order chi connectivity index (χ1) is 9.06. The van der Waals surface area contributed by atoms with Crippen molar-refractivity contribution in [2.24, 2.45) is 5.92 Å². The van der Waals surface area contributed by atoms with Gasteiger partial charge < -0.3 is 14.5 Å². The Morgan fingerprint density at radius 3 is 2.89 bits per heavy atom. The second kappa shape index (κ2) is 4.67. The van der Waals surface area contributed by atoms with Gasteiger partial charge in [-0.15, -0.1) is 0 Å². The number of carbonyl (C=O) groups is 1. The molecule has 1 aliphatic carbocycles. The Hall–Kier alpha value is -1.29. The second-order valence-corrected chi connectivity index (χ2v) is 5.95. The van der Waals surface area contributed by atoms with Crippen molar-refractivity contribution in [2.75, 3.05) is 6.61 Å². The van der Waals surface area contributed by atoms with Gasteiger partial charge in [0, 0.05) is 24.5 Å². The van der Waals surface area contributed by atoms with E-state index in [0.717, 1.165) is 25.2 Å². The summed E-state index contributed by atoms with van der Waals surface area (Å²) >= 11 is 0. The zero-order valence-corrected chi connectivity index (χ0v) is 11.7. The highest BCUT2D eigenvalue weighted by Gasteiger charge is 2.45. The minimum Gasteiger partial charge on any atom is -0.465 e. The molecule has 0 bridgehead atoms. The highest BCUT2D eigenvalue weighted by Crippen LogP contribution is 2.38. The summed E-state index contributed by atoms with van der Waals surface area (Å²) in [5, 5.41) is 3.12. The smallest absolute Gasteiger partial charge is 0.255 e. The molecule has 3 atom stereocenters. The SMILES string of the molecule is Cc1oc(C(C)C)cc1C(=O)N[C@@H]1C[C@@H]2OCC[C@@H]21. The van der Waals surface area contributed by atoms with Gasteiger partial charge in [0.25, 0.3) is 5.91 Å². The van der Waals surface area contributed by atoms with E-state index in [1.807, 2.05) is 13.0 Å².